The monoisotopic (exact) mass is 318 g/mol. The summed E-state index contributed by atoms with van der Waals surface area (Å²) in [6.07, 6.45) is -4.22. The summed E-state index contributed by atoms with van der Waals surface area (Å²) >= 11 is 12.0. The number of aliphatic hydroxyl groups is 3. The van der Waals surface area contributed by atoms with Gasteiger partial charge in [0.1, 0.15) is 18.3 Å². The predicted octanol–water partition coefficient (Wildman–Crippen LogP) is 0.955. The third-order valence-corrected chi connectivity index (χ3v) is 3.88. The maximum atomic E-state index is 10.1. The van der Waals surface area contributed by atoms with E-state index in [1.807, 2.05) is 0 Å². The molecule has 1 aliphatic rings. The van der Waals surface area contributed by atoms with Crippen molar-refractivity contribution in [2.45, 2.75) is 24.5 Å². The molecule has 0 spiro atoms. The Morgan fingerprint density at radius 2 is 2.00 bits per heavy atom. The Morgan fingerprint density at radius 1 is 1.25 bits per heavy atom. The highest BCUT2D eigenvalue weighted by Gasteiger charge is 2.44. The van der Waals surface area contributed by atoms with Crippen molar-refractivity contribution in [2.24, 2.45) is 0 Å². The van der Waals surface area contributed by atoms with Gasteiger partial charge in [-0.05, 0) is 29.8 Å². The van der Waals surface area contributed by atoms with Crippen LogP contribution in [0.25, 0.3) is 11.0 Å². The lowest BCUT2D eigenvalue weighted by Crippen LogP contribution is -2.33. The first-order valence-corrected chi connectivity index (χ1v) is 6.74. The van der Waals surface area contributed by atoms with Gasteiger partial charge in [0.15, 0.2) is 6.23 Å². The number of fused-ring (bicyclic) bond motifs is 1. The van der Waals surface area contributed by atoms with E-state index in [1.54, 1.807) is 18.2 Å². The third-order valence-electron chi connectivity index (χ3n) is 3.38. The lowest BCUT2D eigenvalue weighted by Gasteiger charge is -2.18. The van der Waals surface area contributed by atoms with Crippen LogP contribution in [0.2, 0.25) is 10.3 Å². The maximum Gasteiger partial charge on any atom is 0.206 e. The van der Waals surface area contributed by atoms with Crippen LogP contribution in [0.3, 0.4) is 0 Å². The molecule has 8 heteroatoms. The van der Waals surface area contributed by atoms with E-state index in [9.17, 15) is 10.2 Å². The molecular formula is C12H12Cl2N2O4. The van der Waals surface area contributed by atoms with Gasteiger partial charge in [-0.2, -0.15) is 0 Å². The van der Waals surface area contributed by atoms with Crippen molar-refractivity contribution in [2.75, 3.05) is 6.61 Å². The molecule has 3 N–H and O–H groups in total. The zero-order valence-corrected chi connectivity index (χ0v) is 11.7. The molecule has 1 fully saturated rings. The normalized spacial score (nSPS) is 30.2. The molecule has 2 heterocycles. The van der Waals surface area contributed by atoms with E-state index in [0.29, 0.717) is 16.1 Å². The van der Waals surface area contributed by atoms with Crippen molar-refractivity contribution >= 4 is 34.2 Å². The fourth-order valence-corrected chi connectivity index (χ4v) is 2.82. The van der Waals surface area contributed by atoms with Crippen LogP contribution in [0.5, 0.6) is 0 Å². The minimum absolute atomic E-state index is 0.108. The average Bonchev–Trinajstić information content (AvgIpc) is 2.88. The molecular weight excluding hydrogens is 307 g/mol. The summed E-state index contributed by atoms with van der Waals surface area (Å²) in [5, 5.41) is 29.6. The number of benzene rings is 1. The number of imidazole rings is 1. The second-order valence-corrected chi connectivity index (χ2v) is 5.39. The third kappa shape index (κ3) is 2.09. The number of aromatic nitrogens is 2. The number of ether oxygens (including phenoxy) is 1. The largest absolute Gasteiger partial charge is 0.394 e. The number of nitrogens with zero attached hydrogens (tertiary/aromatic N) is 2. The Morgan fingerprint density at radius 3 is 2.65 bits per heavy atom. The van der Waals surface area contributed by atoms with Crippen LogP contribution in [-0.2, 0) is 4.74 Å². The molecule has 3 rings (SSSR count). The van der Waals surface area contributed by atoms with Crippen LogP contribution in [0.4, 0.5) is 0 Å². The lowest BCUT2D eigenvalue weighted by molar-refractivity contribution is -0.0507. The van der Waals surface area contributed by atoms with E-state index >= 15 is 0 Å². The van der Waals surface area contributed by atoms with Gasteiger partial charge in [0, 0.05) is 5.02 Å². The lowest BCUT2D eigenvalue weighted by atomic mass is 10.1. The zero-order valence-electron chi connectivity index (χ0n) is 10.1. The minimum Gasteiger partial charge on any atom is -0.394 e. The van der Waals surface area contributed by atoms with Crippen molar-refractivity contribution < 1.29 is 20.1 Å². The Hall–Kier alpha value is -0.890. The number of halogens is 2. The van der Waals surface area contributed by atoms with Gasteiger partial charge in [-0.3, -0.25) is 4.57 Å². The SMILES string of the molecule is OC[C@H]1O[C@@H](n2c(Cl)nc3ccc(Cl)cc32)[C@H](O)[C@@H]1O. The number of aliphatic hydroxyl groups excluding tert-OH is 3. The van der Waals surface area contributed by atoms with Crippen LogP contribution < -0.4 is 0 Å². The van der Waals surface area contributed by atoms with E-state index in [0.717, 1.165) is 0 Å². The van der Waals surface area contributed by atoms with Gasteiger partial charge in [-0.15, -0.1) is 0 Å². The van der Waals surface area contributed by atoms with Crippen molar-refractivity contribution in [1.29, 1.82) is 0 Å². The van der Waals surface area contributed by atoms with E-state index < -0.39 is 31.1 Å². The van der Waals surface area contributed by atoms with Gasteiger partial charge in [-0.25, -0.2) is 4.98 Å². The van der Waals surface area contributed by atoms with Crippen molar-refractivity contribution in [3.63, 3.8) is 0 Å². The van der Waals surface area contributed by atoms with E-state index in [-0.39, 0.29) is 5.28 Å². The molecule has 0 bridgehead atoms. The van der Waals surface area contributed by atoms with Crippen LogP contribution in [0.1, 0.15) is 6.23 Å². The summed E-state index contributed by atoms with van der Waals surface area (Å²) in [7, 11) is 0. The van der Waals surface area contributed by atoms with Gasteiger partial charge in [-0.1, -0.05) is 11.6 Å². The summed E-state index contributed by atoms with van der Waals surface area (Å²) in [6, 6.07) is 5.01. The molecule has 0 amide bonds. The summed E-state index contributed by atoms with van der Waals surface area (Å²) in [5.74, 6) is 0. The maximum absolute atomic E-state index is 10.1. The van der Waals surface area contributed by atoms with Gasteiger partial charge < -0.3 is 20.1 Å². The highest BCUT2D eigenvalue weighted by Crippen LogP contribution is 2.35. The minimum atomic E-state index is -1.22. The molecule has 1 aromatic carbocycles. The topological polar surface area (TPSA) is 87.7 Å². The average molecular weight is 319 g/mol. The van der Waals surface area contributed by atoms with E-state index in [4.69, 9.17) is 33.0 Å². The fourth-order valence-electron chi connectivity index (χ4n) is 2.37. The number of hydrogen-bond donors (Lipinski definition) is 3. The van der Waals surface area contributed by atoms with Crippen LogP contribution in [0.15, 0.2) is 18.2 Å². The molecule has 1 aromatic heterocycles. The summed E-state index contributed by atoms with van der Waals surface area (Å²) in [5.41, 5.74) is 1.18. The zero-order chi connectivity index (χ0) is 14.4. The Balaban J connectivity index is 2.10. The Kier molecular flexibility index (Phi) is 3.62. The molecule has 6 nitrogen and oxygen atoms in total. The second-order valence-electron chi connectivity index (χ2n) is 4.61. The highest BCUT2D eigenvalue weighted by molar-refractivity contribution is 6.31. The molecule has 2 aromatic rings. The van der Waals surface area contributed by atoms with Gasteiger partial charge in [0.05, 0.1) is 17.6 Å². The molecule has 0 saturated carbocycles. The summed E-state index contributed by atoms with van der Waals surface area (Å²) < 4.78 is 6.90. The van der Waals surface area contributed by atoms with Gasteiger partial charge in [0.2, 0.25) is 5.28 Å². The molecule has 0 aliphatic carbocycles. The molecule has 0 unspecified atom stereocenters. The number of rotatable bonds is 2. The fraction of sp³-hybridized carbons (Fsp3) is 0.417. The molecule has 0 radical (unpaired) electrons. The van der Waals surface area contributed by atoms with E-state index in [1.165, 1.54) is 4.57 Å². The highest BCUT2D eigenvalue weighted by atomic mass is 35.5. The Labute approximate surface area is 124 Å². The van der Waals surface area contributed by atoms with Crippen LogP contribution >= 0.6 is 23.2 Å². The quantitative estimate of drug-likeness (QED) is 0.767. The molecule has 4 atom stereocenters. The Bertz CT molecular complexity index is 648. The van der Waals surface area contributed by atoms with Gasteiger partial charge in [0.25, 0.3) is 0 Å². The molecule has 1 saturated heterocycles. The first-order chi connectivity index (χ1) is 9.52. The summed E-state index contributed by atoms with van der Waals surface area (Å²) in [6.45, 7) is -0.403. The van der Waals surface area contributed by atoms with Crippen LogP contribution in [0, 0.1) is 0 Å². The molecule has 20 heavy (non-hydrogen) atoms. The standard InChI is InChI=1S/C12H12Cl2N2O4/c13-5-1-2-6-7(3-5)16(12(14)15-6)11-10(19)9(18)8(4-17)20-11/h1-3,8-11,17-19H,4H2/t8-,9-,10-,11-/m1/s1. The number of hydrogen-bond acceptors (Lipinski definition) is 5. The smallest absolute Gasteiger partial charge is 0.206 e. The summed E-state index contributed by atoms with van der Waals surface area (Å²) in [4.78, 5) is 4.14. The van der Waals surface area contributed by atoms with Crippen LogP contribution in [-0.4, -0.2) is 49.8 Å². The van der Waals surface area contributed by atoms with Gasteiger partial charge >= 0.3 is 0 Å². The van der Waals surface area contributed by atoms with Crippen molar-refractivity contribution in [3.05, 3.63) is 28.5 Å². The van der Waals surface area contributed by atoms with E-state index in [2.05, 4.69) is 4.98 Å². The second kappa shape index (κ2) is 5.14. The predicted molar refractivity (Wildman–Crippen MR) is 72.8 cm³/mol. The van der Waals surface area contributed by atoms with Crippen molar-refractivity contribution in [1.82, 2.24) is 9.55 Å². The molecule has 1 aliphatic heterocycles. The molecule has 108 valence electrons. The first-order valence-electron chi connectivity index (χ1n) is 5.98. The first kappa shape index (κ1) is 14.1. The van der Waals surface area contributed by atoms with Crippen molar-refractivity contribution in [3.8, 4) is 0 Å².